The Hall–Kier alpha value is -1.78. The summed E-state index contributed by atoms with van der Waals surface area (Å²) in [5.41, 5.74) is 6.40. The lowest BCUT2D eigenvalue weighted by Gasteiger charge is -2.12. The number of sulfonamides is 1. The van der Waals surface area contributed by atoms with E-state index in [1.54, 1.807) is 12.3 Å². The lowest BCUT2D eigenvalue weighted by Crippen LogP contribution is -2.23. The lowest BCUT2D eigenvalue weighted by atomic mass is 10.4. The third-order valence-electron chi connectivity index (χ3n) is 2.49. The van der Waals surface area contributed by atoms with E-state index < -0.39 is 10.0 Å². The van der Waals surface area contributed by atoms with E-state index in [4.69, 9.17) is 5.73 Å². The molecule has 0 amide bonds. The number of nitrogens with one attached hydrogen (secondary N) is 1. The molecule has 0 fully saturated rings. The first-order valence-corrected chi connectivity index (χ1v) is 7.80. The van der Waals surface area contributed by atoms with Gasteiger partial charge in [-0.05, 0) is 17.6 Å². The van der Waals surface area contributed by atoms with Gasteiger partial charge in [-0.15, -0.1) is 0 Å². The number of anilines is 2. The van der Waals surface area contributed by atoms with E-state index in [1.807, 2.05) is 0 Å². The lowest BCUT2D eigenvalue weighted by molar-refractivity contribution is 0.521. The van der Waals surface area contributed by atoms with Gasteiger partial charge >= 0.3 is 0 Å². The van der Waals surface area contributed by atoms with Crippen LogP contribution in [0.5, 0.6) is 0 Å². The van der Waals surface area contributed by atoms with Crippen LogP contribution in [0.1, 0.15) is 5.69 Å². The van der Waals surface area contributed by atoms with Gasteiger partial charge in [0.15, 0.2) is 10.7 Å². The van der Waals surface area contributed by atoms with E-state index in [-0.39, 0.29) is 10.7 Å². The minimum absolute atomic E-state index is 0.00144. The van der Waals surface area contributed by atoms with Crippen LogP contribution in [0.2, 0.25) is 0 Å². The van der Waals surface area contributed by atoms with Crippen LogP contribution in [0.4, 0.5) is 10.8 Å². The molecule has 2 aromatic heterocycles. The number of nitrogen functional groups attached to an aromatic ring is 1. The van der Waals surface area contributed by atoms with Gasteiger partial charge in [-0.25, -0.2) is 22.7 Å². The molecule has 2 aromatic rings. The van der Waals surface area contributed by atoms with Crippen molar-refractivity contribution in [2.45, 2.75) is 11.4 Å². The standard InChI is InChI=1S/C10H14N6O2S2/c1-16(2)20(17,18)8-9(11)15-19-10(8)13-5-7-3-4-12-6-14-7/h3-4,6,13H,5H2,1-2H3,(H2,11,15). The zero-order valence-electron chi connectivity index (χ0n) is 10.9. The maximum absolute atomic E-state index is 12.2. The third-order valence-corrected chi connectivity index (χ3v) is 5.32. The quantitative estimate of drug-likeness (QED) is 0.819. The Balaban J connectivity index is 2.26. The van der Waals surface area contributed by atoms with Gasteiger partial charge in [0, 0.05) is 20.3 Å². The van der Waals surface area contributed by atoms with Crippen LogP contribution in [0.25, 0.3) is 0 Å². The average Bonchev–Trinajstić information content (AvgIpc) is 2.79. The highest BCUT2D eigenvalue weighted by atomic mass is 32.2. The monoisotopic (exact) mass is 314 g/mol. The number of hydrogen-bond acceptors (Lipinski definition) is 8. The summed E-state index contributed by atoms with van der Waals surface area (Å²) in [6.07, 6.45) is 3.04. The fourth-order valence-corrected chi connectivity index (χ4v) is 3.50. The maximum Gasteiger partial charge on any atom is 0.249 e. The molecule has 0 aromatic carbocycles. The van der Waals surface area contributed by atoms with Gasteiger partial charge in [-0.3, -0.25) is 0 Å². The minimum atomic E-state index is -3.64. The minimum Gasteiger partial charge on any atom is -0.382 e. The van der Waals surface area contributed by atoms with Crippen LogP contribution >= 0.6 is 11.5 Å². The van der Waals surface area contributed by atoms with Crippen molar-refractivity contribution < 1.29 is 8.42 Å². The van der Waals surface area contributed by atoms with Crippen LogP contribution in [0.15, 0.2) is 23.5 Å². The Morgan fingerprint density at radius 2 is 2.20 bits per heavy atom. The number of hydrogen-bond donors (Lipinski definition) is 2. The predicted molar refractivity (Wildman–Crippen MR) is 76.8 cm³/mol. The second-order valence-electron chi connectivity index (χ2n) is 4.07. The molecule has 0 saturated heterocycles. The number of nitrogens with two attached hydrogens (primary N) is 1. The van der Waals surface area contributed by atoms with E-state index in [1.165, 1.54) is 20.4 Å². The molecule has 0 aliphatic rings. The summed E-state index contributed by atoms with van der Waals surface area (Å²) in [4.78, 5) is 7.86. The van der Waals surface area contributed by atoms with Crippen LogP contribution in [-0.2, 0) is 16.6 Å². The molecule has 20 heavy (non-hydrogen) atoms. The van der Waals surface area contributed by atoms with Gasteiger partial charge < -0.3 is 11.1 Å². The van der Waals surface area contributed by atoms with Gasteiger partial charge in [0.25, 0.3) is 0 Å². The molecule has 0 bridgehead atoms. The van der Waals surface area contributed by atoms with Gasteiger partial charge in [-0.2, -0.15) is 4.37 Å². The van der Waals surface area contributed by atoms with E-state index in [2.05, 4.69) is 19.7 Å². The van der Waals surface area contributed by atoms with Gasteiger partial charge in [-0.1, -0.05) is 0 Å². The molecule has 0 aliphatic carbocycles. The molecule has 0 spiro atoms. The second-order valence-corrected chi connectivity index (χ2v) is 6.93. The summed E-state index contributed by atoms with van der Waals surface area (Å²) in [5, 5.41) is 3.39. The summed E-state index contributed by atoms with van der Waals surface area (Å²) < 4.78 is 29.4. The molecule has 0 unspecified atom stereocenters. The molecular weight excluding hydrogens is 300 g/mol. The maximum atomic E-state index is 12.2. The molecule has 2 rings (SSSR count). The Labute approximate surface area is 120 Å². The SMILES string of the molecule is CN(C)S(=O)(=O)c1c(N)nsc1NCc1ccncn1. The Morgan fingerprint density at radius 3 is 2.80 bits per heavy atom. The first kappa shape index (κ1) is 14.6. The summed E-state index contributed by atoms with van der Waals surface area (Å²) >= 11 is 1.00. The highest BCUT2D eigenvalue weighted by molar-refractivity contribution is 7.89. The van der Waals surface area contributed by atoms with Crippen molar-refractivity contribution in [1.82, 2.24) is 18.6 Å². The van der Waals surface area contributed by atoms with Crippen LogP contribution in [0.3, 0.4) is 0 Å². The van der Waals surface area contributed by atoms with Crippen molar-refractivity contribution in [2.24, 2.45) is 0 Å². The average molecular weight is 314 g/mol. The highest BCUT2D eigenvalue weighted by Crippen LogP contribution is 2.33. The summed E-state index contributed by atoms with van der Waals surface area (Å²) in [7, 11) is -0.748. The Bertz CT molecular complexity index is 683. The normalized spacial score (nSPS) is 11.8. The molecule has 10 heteroatoms. The fraction of sp³-hybridized carbons (Fsp3) is 0.300. The smallest absolute Gasteiger partial charge is 0.249 e. The van der Waals surface area contributed by atoms with Gasteiger partial charge in [0.1, 0.15) is 11.3 Å². The summed E-state index contributed by atoms with van der Waals surface area (Å²) in [5.74, 6) is -0.00566. The zero-order chi connectivity index (χ0) is 14.8. The van der Waals surface area contributed by atoms with E-state index in [9.17, 15) is 8.42 Å². The molecule has 0 saturated carbocycles. The molecule has 0 atom stereocenters. The number of aromatic nitrogens is 3. The van der Waals surface area contributed by atoms with Gasteiger partial charge in [0.2, 0.25) is 10.0 Å². The van der Waals surface area contributed by atoms with Crippen molar-refractivity contribution in [3.63, 3.8) is 0 Å². The largest absolute Gasteiger partial charge is 0.382 e. The molecule has 3 N–H and O–H groups in total. The molecule has 0 aliphatic heterocycles. The first-order chi connectivity index (χ1) is 9.43. The predicted octanol–water partition coefficient (Wildman–Crippen LogP) is 0.378. The molecule has 0 radical (unpaired) electrons. The third kappa shape index (κ3) is 2.86. The molecule has 2 heterocycles. The highest BCUT2D eigenvalue weighted by Gasteiger charge is 2.27. The first-order valence-electron chi connectivity index (χ1n) is 5.59. The van der Waals surface area contributed by atoms with Crippen molar-refractivity contribution in [1.29, 1.82) is 0 Å². The zero-order valence-corrected chi connectivity index (χ0v) is 12.6. The molecule has 108 valence electrons. The summed E-state index contributed by atoms with van der Waals surface area (Å²) in [6.45, 7) is 0.361. The van der Waals surface area contributed by atoms with E-state index >= 15 is 0 Å². The van der Waals surface area contributed by atoms with Crippen molar-refractivity contribution in [2.75, 3.05) is 25.1 Å². The van der Waals surface area contributed by atoms with Crippen molar-refractivity contribution in [3.05, 3.63) is 24.3 Å². The molecule has 8 nitrogen and oxygen atoms in total. The summed E-state index contributed by atoms with van der Waals surface area (Å²) in [6, 6.07) is 1.73. The molecular formula is C10H14N6O2S2. The van der Waals surface area contributed by atoms with Crippen LogP contribution in [0, 0.1) is 0 Å². The van der Waals surface area contributed by atoms with E-state index in [0.717, 1.165) is 21.5 Å². The number of rotatable bonds is 5. The Kier molecular flexibility index (Phi) is 4.16. The Morgan fingerprint density at radius 1 is 1.45 bits per heavy atom. The van der Waals surface area contributed by atoms with Gasteiger partial charge in [0.05, 0.1) is 12.2 Å². The van der Waals surface area contributed by atoms with Crippen LogP contribution in [-0.4, -0.2) is 41.2 Å². The second kappa shape index (κ2) is 5.69. The van der Waals surface area contributed by atoms with E-state index in [0.29, 0.717) is 11.5 Å². The number of nitrogens with zero attached hydrogens (tertiary/aromatic N) is 4. The van der Waals surface area contributed by atoms with Crippen molar-refractivity contribution in [3.8, 4) is 0 Å². The van der Waals surface area contributed by atoms with Crippen LogP contribution < -0.4 is 11.1 Å². The fourth-order valence-electron chi connectivity index (χ4n) is 1.43. The topological polar surface area (TPSA) is 114 Å². The van der Waals surface area contributed by atoms with Crippen molar-refractivity contribution >= 4 is 32.4 Å².